The van der Waals surface area contributed by atoms with Crippen molar-refractivity contribution in [2.75, 3.05) is 6.54 Å². The van der Waals surface area contributed by atoms with Crippen molar-refractivity contribution in [3.63, 3.8) is 0 Å². The van der Waals surface area contributed by atoms with Gasteiger partial charge >= 0.3 is 0 Å². The van der Waals surface area contributed by atoms with Gasteiger partial charge in [0.15, 0.2) is 4.77 Å². The highest BCUT2D eigenvalue weighted by atomic mass is 32.1. The van der Waals surface area contributed by atoms with E-state index in [1.54, 1.807) is 10.4 Å². The van der Waals surface area contributed by atoms with E-state index < -0.39 is 0 Å². The van der Waals surface area contributed by atoms with E-state index in [1.807, 2.05) is 23.0 Å². The number of aryl methyl sites for hydroxylation is 1. The van der Waals surface area contributed by atoms with Gasteiger partial charge in [0, 0.05) is 36.9 Å². The molecule has 20 heavy (non-hydrogen) atoms. The number of fused-ring (bicyclic) bond motifs is 1. The molecule has 0 saturated heterocycles. The van der Waals surface area contributed by atoms with Crippen molar-refractivity contribution < 1.29 is 0 Å². The molecule has 1 fully saturated rings. The molecular weight excluding hydrogens is 286 g/mol. The lowest BCUT2D eigenvalue weighted by Gasteiger charge is -2.36. The van der Waals surface area contributed by atoms with Crippen molar-refractivity contribution in [2.45, 2.75) is 32.0 Å². The van der Waals surface area contributed by atoms with Gasteiger partial charge in [-0.3, -0.25) is 4.90 Å². The Kier molecular flexibility index (Phi) is 3.09. The molecule has 1 atom stereocenters. The smallest absolute Gasteiger partial charge is 0.180 e. The molecule has 2 aromatic heterocycles. The zero-order chi connectivity index (χ0) is 13.7. The third-order valence-electron chi connectivity index (χ3n) is 4.54. The standard InChI is InChI=1S/C15H19N3S2/c1-16-7-8-18(15(16)19)10-17-6-4-13-12(5-9-20-13)14(17)11-2-3-11/h5,7-9,11,14H,2-4,6,10H2,1H3/t14-/m0/s1. The lowest BCUT2D eigenvalue weighted by molar-refractivity contribution is 0.124. The highest BCUT2D eigenvalue weighted by Crippen LogP contribution is 2.48. The van der Waals surface area contributed by atoms with Crippen LogP contribution in [0.15, 0.2) is 23.8 Å². The summed E-state index contributed by atoms with van der Waals surface area (Å²) in [6, 6.07) is 2.96. The molecule has 1 saturated carbocycles. The highest BCUT2D eigenvalue weighted by Gasteiger charge is 2.39. The van der Waals surface area contributed by atoms with Gasteiger partial charge in [-0.15, -0.1) is 11.3 Å². The van der Waals surface area contributed by atoms with Gasteiger partial charge < -0.3 is 9.13 Å². The molecule has 4 rings (SSSR count). The maximum absolute atomic E-state index is 5.48. The van der Waals surface area contributed by atoms with E-state index in [9.17, 15) is 0 Å². The Morgan fingerprint density at radius 1 is 1.35 bits per heavy atom. The van der Waals surface area contributed by atoms with Crippen molar-refractivity contribution in [2.24, 2.45) is 13.0 Å². The highest BCUT2D eigenvalue weighted by molar-refractivity contribution is 7.71. The Morgan fingerprint density at radius 2 is 2.20 bits per heavy atom. The van der Waals surface area contributed by atoms with Gasteiger partial charge in [0.25, 0.3) is 0 Å². The normalized spacial score (nSPS) is 22.9. The fourth-order valence-electron chi connectivity index (χ4n) is 3.33. The van der Waals surface area contributed by atoms with Crippen LogP contribution in [0.4, 0.5) is 0 Å². The van der Waals surface area contributed by atoms with Gasteiger partial charge in [0.2, 0.25) is 0 Å². The summed E-state index contributed by atoms with van der Waals surface area (Å²) in [6.45, 7) is 2.08. The van der Waals surface area contributed by atoms with Crippen LogP contribution in [0.5, 0.6) is 0 Å². The van der Waals surface area contributed by atoms with E-state index in [0.717, 1.165) is 23.9 Å². The monoisotopic (exact) mass is 305 g/mol. The Hall–Kier alpha value is -0.910. The lowest BCUT2D eigenvalue weighted by Crippen LogP contribution is -2.37. The number of rotatable bonds is 3. The largest absolute Gasteiger partial charge is 0.327 e. The molecule has 0 unspecified atom stereocenters. The molecule has 1 aliphatic heterocycles. The summed E-state index contributed by atoms with van der Waals surface area (Å²) in [4.78, 5) is 4.23. The van der Waals surface area contributed by atoms with Gasteiger partial charge in [0.05, 0.1) is 6.67 Å². The van der Waals surface area contributed by atoms with Crippen LogP contribution < -0.4 is 0 Å². The second-order valence-corrected chi connectivity index (χ2v) is 7.31. The minimum absolute atomic E-state index is 0.618. The summed E-state index contributed by atoms with van der Waals surface area (Å²) < 4.78 is 5.12. The average molecular weight is 305 g/mol. The Balaban J connectivity index is 1.64. The zero-order valence-electron chi connectivity index (χ0n) is 11.7. The summed E-state index contributed by atoms with van der Waals surface area (Å²) in [5.74, 6) is 0.863. The molecule has 0 amide bonds. The molecule has 0 bridgehead atoms. The topological polar surface area (TPSA) is 13.1 Å². The fourth-order valence-corrected chi connectivity index (χ4v) is 4.43. The third-order valence-corrected chi connectivity index (χ3v) is 6.06. The van der Waals surface area contributed by atoms with Crippen LogP contribution in [-0.2, 0) is 20.1 Å². The lowest BCUT2D eigenvalue weighted by atomic mass is 9.96. The van der Waals surface area contributed by atoms with Crippen molar-refractivity contribution >= 4 is 23.6 Å². The average Bonchev–Trinajstić information content (AvgIpc) is 3.09. The number of hydrogen-bond acceptors (Lipinski definition) is 3. The van der Waals surface area contributed by atoms with Gasteiger partial charge in [-0.05, 0) is 54.4 Å². The first-order chi connectivity index (χ1) is 9.74. The van der Waals surface area contributed by atoms with E-state index in [1.165, 1.54) is 19.3 Å². The predicted molar refractivity (Wildman–Crippen MR) is 84.4 cm³/mol. The molecule has 3 nitrogen and oxygen atoms in total. The summed E-state index contributed by atoms with van der Waals surface area (Å²) in [5.41, 5.74) is 1.59. The number of nitrogens with zero attached hydrogens (tertiary/aromatic N) is 3. The van der Waals surface area contributed by atoms with Crippen molar-refractivity contribution in [1.29, 1.82) is 0 Å². The first kappa shape index (κ1) is 12.8. The van der Waals surface area contributed by atoms with Crippen molar-refractivity contribution in [3.05, 3.63) is 39.1 Å². The molecule has 0 aromatic carbocycles. The summed E-state index contributed by atoms with van der Waals surface area (Å²) in [7, 11) is 2.02. The second kappa shape index (κ2) is 4.83. The molecule has 3 heterocycles. The van der Waals surface area contributed by atoms with Gasteiger partial charge in [-0.2, -0.15) is 0 Å². The molecule has 1 aliphatic carbocycles. The number of aromatic nitrogens is 2. The number of hydrogen-bond donors (Lipinski definition) is 0. The quantitative estimate of drug-likeness (QED) is 0.804. The molecule has 0 spiro atoms. The molecular formula is C15H19N3S2. The molecule has 2 aliphatic rings. The first-order valence-electron chi connectivity index (χ1n) is 7.26. The summed E-state index contributed by atoms with van der Waals surface area (Å²) in [5, 5.41) is 2.26. The van der Waals surface area contributed by atoms with Crippen LogP contribution in [0.1, 0.15) is 29.3 Å². The van der Waals surface area contributed by atoms with E-state index in [2.05, 4.69) is 33.3 Å². The first-order valence-corrected chi connectivity index (χ1v) is 8.55. The number of thiophene rings is 1. The van der Waals surface area contributed by atoms with E-state index in [4.69, 9.17) is 12.2 Å². The third kappa shape index (κ3) is 2.08. The van der Waals surface area contributed by atoms with E-state index in [-0.39, 0.29) is 0 Å². The summed E-state index contributed by atoms with van der Waals surface area (Å²) in [6.07, 6.45) is 8.12. The van der Waals surface area contributed by atoms with Gasteiger partial charge in [0.1, 0.15) is 0 Å². The fraction of sp³-hybridized carbons (Fsp3) is 0.533. The van der Waals surface area contributed by atoms with Crippen LogP contribution in [0.2, 0.25) is 0 Å². The SMILES string of the molecule is Cn1ccn(CN2CCc3sccc3[C@@H]2C2CC2)c1=S. The molecule has 106 valence electrons. The van der Waals surface area contributed by atoms with Gasteiger partial charge in [-0.1, -0.05) is 0 Å². The number of imidazole rings is 1. The summed E-state index contributed by atoms with van der Waals surface area (Å²) >= 11 is 7.41. The van der Waals surface area contributed by atoms with Crippen molar-refractivity contribution in [3.8, 4) is 0 Å². The van der Waals surface area contributed by atoms with Gasteiger partial charge in [-0.25, -0.2) is 0 Å². The molecule has 2 aromatic rings. The van der Waals surface area contributed by atoms with Crippen LogP contribution in [0.25, 0.3) is 0 Å². The van der Waals surface area contributed by atoms with Crippen LogP contribution in [0, 0.1) is 10.7 Å². The predicted octanol–water partition coefficient (Wildman–Crippen LogP) is 3.58. The Morgan fingerprint density at radius 3 is 2.90 bits per heavy atom. The minimum atomic E-state index is 0.618. The molecule has 0 radical (unpaired) electrons. The minimum Gasteiger partial charge on any atom is -0.327 e. The molecule has 0 N–H and O–H groups in total. The van der Waals surface area contributed by atoms with E-state index >= 15 is 0 Å². The van der Waals surface area contributed by atoms with Crippen LogP contribution >= 0.6 is 23.6 Å². The Labute approximate surface area is 128 Å². The van der Waals surface area contributed by atoms with Crippen molar-refractivity contribution in [1.82, 2.24) is 14.0 Å². The maximum atomic E-state index is 5.48. The maximum Gasteiger partial charge on any atom is 0.180 e. The second-order valence-electron chi connectivity index (χ2n) is 5.95. The zero-order valence-corrected chi connectivity index (χ0v) is 13.3. The molecule has 5 heteroatoms. The van der Waals surface area contributed by atoms with E-state index in [0.29, 0.717) is 6.04 Å². The van der Waals surface area contributed by atoms with Crippen LogP contribution in [0.3, 0.4) is 0 Å². The Bertz CT molecular complexity index is 677. The van der Waals surface area contributed by atoms with Crippen LogP contribution in [-0.4, -0.2) is 20.6 Å².